The average molecular weight is 317 g/mol. The number of aliphatic hydroxyl groups excluding tert-OH is 1. The van der Waals surface area contributed by atoms with Crippen molar-refractivity contribution in [1.29, 1.82) is 0 Å². The fourth-order valence-corrected chi connectivity index (χ4v) is 4.34. The van der Waals surface area contributed by atoms with Gasteiger partial charge in [0.2, 0.25) is 0 Å². The largest absolute Gasteiger partial charge is 0.414 e. The van der Waals surface area contributed by atoms with Gasteiger partial charge in [-0.05, 0) is 44.8 Å². The molecule has 0 aromatic rings. The van der Waals surface area contributed by atoms with Crippen LogP contribution in [0.4, 0.5) is 0 Å². The Hall–Kier alpha value is 0.0569. The second-order valence-electron chi connectivity index (χ2n) is 8.57. The molecule has 2 aliphatic rings. The van der Waals surface area contributed by atoms with Gasteiger partial charge in [-0.25, -0.2) is 0 Å². The van der Waals surface area contributed by atoms with Gasteiger partial charge in [0.05, 0.1) is 24.9 Å². The molecular formula is C16H32O4Si. The van der Waals surface area contributed by atoms with Gasteiger partial charge >= 0.3 is 0 Å². The van der Waals surface area contributed by atoms with Crippen LogP contribution in [0.25, 0.3) is 0 Å². The van der Waals surface area contributed by atoms with E-state index in [0.717, 1.165) is 6.42 Å². The van der Waals surface area contributed by atoms with Crippen LogP contribution in [0.2, 0.25) is 18.1 Å². The van der Waals surface area contributed by atoms with Crippen LogP contribution in [-0.4, -0.2) is 44.1 Å². The molecule has 4 nitrogen and oxygen atoms in total. The van der Waals surface area contributed by atoms with Gasteiger partial charge in [0.15, 0.2) is 14.1 Å². The van der Waals surface area contributed by atoms with E-state index < -0.39 is 20.2 Å². The molecule has 2 rings (SSSR count). The Bertz CT molecular complexity index is 375. The smallest absolute Gasteiger partial charge is 0.192 e. The van der Waals surface area contributed by atoms with E-state index in [2.05, 4.69) is 33.9 Å². The first-order valence-corrected chi connectivity index (χ1v) is 11.0. The Balaban J connectivity index is 2.04. The molecule has 0 radical (unpaired) electrons. The third kappa shape index (κ3) is 3.88. The maximum absolute atomic E-state index is 10.4. The van der Waals surface area contributed by atoms with Gasteiger partial charge in [0.1, 0.15) is 0 Å². The Morgan fingerprint density at radius 2 is 1.81 bits per heavy atom. The topological polar surface area (TPSA) is 47.9 Å². The van der Waals surface area contributed by atoms with E-state index in [1.54, 1.807) is 0 Å². The zero-order valence-electron chi connectivity index (χ0n) is 14.6. The molecule has 5 heteroatoms. The molecule has 21 heavy (non-hydrogen) atoms. The highest BCUT2D eigenvalue weighted by Gasteiger charge is 2.47. The SMILES string of the molecule is CC1(C)OC[C@H]2[C@H](O)C[C@@H](O[Si](C)(C)C(C)(C)C)C[C@@H]2O1. The minimum atomic E-state index is -1.81. The van der Waals surface area contributed by atoms with Gasteiger partial charge in [-0.15, -0.1) is 0 Å². The Kier molecular flexibility index (Phi) is 4.65. The van der Waals surface area contributed by atoms with Gasteiger partial charge in [-0.2, -0.15) is 0 Å². The molecular weight excluding hydrogens is 284 g/mol. The zero-order valence-corrected chi connectivity index (χ0v) is 15.6. The summed E-state index contributed by atoms with van der Waals surface area (Å²) in [6.07, 6.45) is 1.29. The molecule has 0 amide bonds. The quantitative estimate of drug-likeness (QED) is 0.794. The van der Waals surface area contributed by atoms with Crippen LogP contribution in [0.1, 0.15) is 47.5 Å². The van der Waals surface area contributed by atoms with Crippen LogP contribution in [0.3, 0.4) is 0 Å². The summed E-state index contributed by atoms with van der Waals surface area (Å²) < 4.78 is 18.2. The number of aliphatic hydroxyl groups is 1. The molecule has 0 aromatic carbocycles. The second kappa shape index (κ2) is 5.60. The fourth-order valence-electron chi connectivity index (χ4n) is 2.96. The van der Waals surface area contributed by atoms with Crippen molar-refractivity contribution in [2.24, 2.45) is 5.92 Å². The summed E-state index contributed by atoms with van der Waals surface area (Å²) in [5, 5.41) is 10.6. The Morgan fingerprint density at radius 1 is 1.19 bits per heavy atom. The molecule has 1 aliphatic heterocycles. The van der Waals surface area contributed by atoms with Crippen molar-refractivity contribution in [1.82, 2.24) is 0 Å². The monoisotopic (exact) mass is 316 g/mol. The van der Waals surface area contributed by atoms with E-state index in [4.69, 9.17) is 13.9 Å². The highest BCUT2D eigenvalue weighted by molar-refractivity contribution is 6.74. The van der Waals surface area contributed by atoms with Crippen molar-refractivity contribution in [3.05, 3.63) is 0 Å². The van der Waals surface area contributed by atoms with Crippen molar-refractivity contribution in [3.63, 3.8) is 0 Å². The Labute approximate surface area is 130 Å². The lowest BCUT2D eigenvalue weighted by molar-refractivity contribution is -0.313. The molecule has 0 unspecified atom stereocenters. The van der Waals surface area contributed by atoms with Crippen molar-refractivity contribution in [2.75, 3.05) is 6.61 Å². The van der Waals surface area contributed by atoms with Gasteiger partial charge < -0.3 is 19.0 Å². The summed E-state index contributed by atoms with van der Waals surface area (Å²) in [5.41, 5.74) is 0. The summed E-state index contributed by atoms with van der Waals surface area (Å²) in [5.74, 6) is -0.475. The summed E-state index contributed by atoms with van der Waals surface area (Å²) in [4.78, 5) is 0. The fraction of sp³-hybridized carbons (Fsp3) is 1.00. The molecule has 1 N–H and O–H groups in total. The van der Waals surface area contributed by atoms with E-state index in [9.17, 15) is 5.11 Å². The van der Waals surface area contributed by atoms with Gasteiger partial charge in [0.25, 0.3) is 0 Å². The first-order chi connectivity index (χ1) is 9.41. The third-order valence-corrected chi connectivity index (χ3v) is 9.83. The summed E-state index contributed by atoms with van der Waals surface area (Å²) in [6.45, 7) is 15.7. The first-order valence-electron chi connectivity index (χ1n) is 8.09. The van der Waals surface area contributed by atoms with E-state index in [1.807, 2.05) is 13.8 Å². The van der Waals surface area contributed by atoms with Gasteiger partial charge in [0, 0.05) is 5.92 Å². The highest BCUT2D eigenvalue weighted by Crippen LogP contribution is 2.42. The molecule has 4 atom stereocenters. The standard InChI is InChI=1S/C16H32O4Si/c1-15(2,3)21(6,7)20-11-8-13(17)12-10-18-16(4,5)19-14(12)9-11/h11-14,17H,8-10H2,1-7H3/t11-,12+,13-,14+/m1/s1. The van der Waals surface area contributed by atoms with Crippen LogP contribution in [-0.2, 0) is 13.9 Å². The van der Waals surface area contributed by atoms with E-state index >= 15 is 0 Å². The number of ether oxygens (including phenoxy) is 2. The van der Waals surface area contributed by atoms with Gasteiger partial charge in [-0.1, -0.05) is 20.8 Å². The highest BCUT2D eigenvalue weighted by atomic mass is 28.4. The Morgan fingerprint density at radius 3 is 2.38 bits per heavy atom. The van der Waals surface area contributed by atoms with Crippen LogP contribution in [0.5, 0.6) is 0 Å². The predicted octanol–water partition coefficient (Wildman–Crippen LogP) is 3.30. The lowest BCUT2D eigenvalue weighted by Crippen LogP contribution is -2.56. The molecule has 0 aromatic heterocycles. The molecule has 0 spiro atoms. The van der Waals surface area contributed by atoms with Crippen LogP contribution >= 0.6 is 0 Å². The third-order valence-electron chi connectivity index (χ3n) is 5.30. The number of rotatable bonds is 2. The second-order valence-corrected chi connectivity index (χ2v) is 13.3. The van der Waals surface area contributed by atoms with E-state index in [1.165, 1.54) is 0 Å². The molecule has 1 heterocycles. The van der Waals surface area contributed by atoms with Crippen LogP contribution in [0, 0.1) is 5.92 Å². The summed E-state index contributed by atoms with van der Waals surface area (Å²) in [7, 11) is -1.81. The van der Waals surface area contributed by atoms with Crippen molar-refractivity contribution >= 4 is 8.32 Å². The minimum Gasteiger partial charge on any atom is -0.414 e. The van der Waals surface area contributed by atoms with Crippen molar-refractivity contribution in [2.45, 2.75) is 89.7 Å². The maximum Gasteiger partial charge on any atom is 0.192 e. The molecule has 0 bridgehead atoms. The lowest BCUT2D eigenvalue weighted by Gasteiger charge is -2.49. The van der Waals surface area contributed by atoms with Gasteiger partial charge in [-0.3, -0.25) is 0 Å². The average Bonchev–Trinajstić information content (AvgIpc) is 2.24. The number of fused-ring (bicyclic) bond motifs is 1. The zero-order chi connectivity index (χ0) is 16.1. The summed E-state index contributed by atoms with van der Waals surface area (Å²) >= 11 is 0. The first kappa shape index (κ1) is 17.4. The van der Waals surface area contributed by atoms with E-state index in [0.29, 0.717) is 13.0 Å². The predicted molar refractivity (Wildman–Crippen MR) is 85.7 cm³/mol. The lowest BCUT2D eigenvalue weighted by atomic mass is 9.82. The maximum atomic E-state index is 10.4. The molecule has 124 valence electrons. The van der Waals surface area contributed by atoms with Crippen LogP contribution in [0.15, 0.2) is 0 Å². The summed E-state index contributed by atoms with van der Waals surface area (Å²) in [6, 6.07) is 0. The number of hydrogen-bond donors (Lipinski definition) is 1. The molecule has 1 aliphatic carbocycles. The number of hydrogen-bond acceptors (Lipinski definition) is 4. The molecule has 2 fully saturated rings. The normalized spacial score (nSPS) is 37.1. The van der Waals surface area contributed by atoms with Crippen LogP contribution < -0.4 is 0 Å². The minimum absolute atomic E-state index is 0.0345. The molecule has 1 saturated carbocycles. The van der Waals surface area contributed by atoms with E-state index in [-0.39, 0.29) is 23.2 Å². The molecule has 1 saturated heterocycles. The van der Waals surface area contributed by atoms with Crippen molar-refractivity contribution in [3.8, 4) is 0 Å². The van der Waals surface area contributed by atoms with Crippen molar-refractivity contribution < 1.29 is 19.0 Å².